The van der Waals surface area contributed by atoms with Crippen molar-refractivity contribution in [2.45, 2.75) is 46.3 Å². The van der Waals surface area contributed by atoms with E-state index in [4.69, 9.17) is 9.72 Å². The van der Waals surface area contributed by atoms with Crippen LogP contribution in [-0.2, 0) is 22.6 Å². The highest BCUT2D eigenvalue weighted by molar-refractivity contribution is 5.79. The molecule has 4 aromatic carbocycles. The number of aromatic nitrogens is 2. The van der Waals surface area contributed by atoms with E-state index in [1.54, 1.807) is 4.57 Å². The highest BCUT2D eigenvalue weighted by Crippen LogP contribution is 2.27. The molecule has 1 atom stereocenters. The van der Waals surface area contributed by atoms with Gasteiger partial charge in [-0.25, -0.2) is 4.98 Å². The van der Waals surface area contributed by atoms with E-state index in [-0.39, 0.29) is 18.1 Å². The molecule has 6 heteroatoms. The fourth-order valence-corrected chi connectivity index (χ4v) is 5.29. The molecule has 1 heterocycles. The monoisotopic (exact) mass is 559 g/mol. The van der Waals surface area contributed by atoms with Crippen molar-refractivity contribution in [3.8, 4) is 5.69 Å². The third-order valence-corrected chi connectivity index (χ3v) is 7.75. The lowest BCUT2D eigenvalue weighted by atomic mass is 10.1. The Morgan fingerprint density at radius 3 is 2.21 bits per heavy atom. The van der Waals surface area contributed by atoms with Gasteiger partial charge in [0.15, 0.2) is 0 Å². The van der Waals surface area contributed by atoms with Gasteiger partial charge in [-0.05, 0) is 73.2 Å². The van der Waals surface area contributed by atoms with Gasteiger partial charge in [-0.1, -0.05) is 85.8 Å². The summed E-state index contributed by atoms with van der Waals surface area (Å²) in [5.41, 5.74) is 5.58. The Hall–Kier alpha value is -4.55. The van der Waals surface area contributed by atoms with Gasteiger partial charge < -0.3 is 9.64 Å². The summed E-state index contributed by atoms with van der Waals surface area (Å²) in [7, 11) is 0. The molecule has 0 N–H and O–H groups in total. The Balaban J connectivity index is 1.56. The van der Waals surface area contributed by atoms with E-state index in [1.165, 1.54) is 0 Å². The molecule has 0 aliphatic carbocycles. The fraction of sp³-hybridized carbons (Fsp3) is 0.250. The van der Waals surface area contributed by atoms with E-state index in [1.807, 2.05) is 110 Å². The predicted octanol–water partition coefficient (Wildman–Crippen LogP) is 6.74. The van der Waals surface area contributed by atoms with Gasteiger partial charge in [0.25, 0.3) is 5.56 Å². The van der Waals surface area contributed by atoms with Gasteiger partial charge in [-0.2, -0.15) is 0 Å². The van der Waals surface area contributed by atoms with Crippen molar-refractivity contribution in [2.24, 2.45) is 0 Å². The minimum atomic E-state index is -0.444. The van der Waals surface area contributed by atoms with Crippen LogP contribution in [0.2, 0.25) is 0 Å². The first-order valence-corrected chi connectivity index (χ1v) is 14.5. The van der Waals surface area contributed by atoms with E-state index >= 15 is 0 Å². The van der Waals surface area contributed by atoms with Gasteiger partial charge in [0.2, 0.25) is 5.91 Å². The molecule has 0 fully saturated rings. The molecule has 0 aliphatic rings. The van der Waals surface area contributed by atoms with Gasteiger partial charge in [0, 0.05) is 6.54 Å². The van der Waals surface area contributed by atoms with Crippen molar-refractivity contribution < 1.29 is 9.53 Å². The number of rotatable bonds is 11. The van der Waals surface area contributed by atoms with Crippen molar-refractivity contribution in [1.82, 2.24) is 14.5 Å². The zero-order valence-corrected chi connectivity index (χ0v) is 24.5. The Kier molecular flexibility index (Phi) is 9.25. The maximum absolute atomic E-state index is 14.1. The van der Waals surface area contributed by atoms with Crippen molar-refractivity contribution in [3.05, 3.63) is 142 Å². The minimum absolute atomic E-state index is 0.0678. The second kappa shape index (κ2) is 13.4. The number of amides is 1. The molecule has 1 aromatic heterocycles. The van der Waals surface area contributed by atoms with Gasteiger partial charge in [0.05, 0.1) is 29.2 Å². The largest absolute Gasteiger partial charge is 0.367 e. The van der Waals surface area contributed by atoms with Gasteiger partial charge in [-0.3, -0.25) is 14.2 Å². The molecular weight excluding hydrogens is 522 g/mol. The second-order valence-corrected chi connectivity index (χ2v) is 10.6. The minimum Gasteiger partial charge on any atom is -0.367 e. The summed E-state index contributed by atoms with van der Waals surface area (Å²) in [4.78, 5) is 34.9. The smallest absolute Gasteiger partial charge is 0.266 e. The van der Waals surface area contributed by atoms with Crippen LogP contribution in [-0.4, -0.2) is 33.5 Å². The molecule has 5 aromatic rings. The van der Waals surface area contributed by atoms with Crippen LogP contribution in [0.15, 0.2) is 108 Å². The van der Waals surface area contributed by atoms with Crippen LogP contribution < -0.4 is 5.56 Å². The van der Waals surface area contributed by atoms with E-state index in [0.717, 1.165) is 27.9 Å². The summed E-state index contributed by atoms with van der Waals surface area (Å²) in [6, 6.07) is 32.9. The van der Waals surface area contributed by atoms with Crippen molar-refractivity contribution in [2.75, 3.05) is 13.2 Å². The molecule has 0 radical (unpaired) electrons. The Bertz CT molecular complexity index is 1710. The quantitative estimate of drug-likeness (QED) is 0.180. The molecule has 0 saturated heterocycles. The number of benzene rings is 4. The molecule has 214 valence electrons. The highest BCUT2D eigenvalue weighted by atomic mass is 16.5. The zero-order valence-electron chi connectivity index (χ0n) is 24.5. The normalized spacial score (nSPS) is 11.9. The molecule has 0 spiro atoms. The Morgan fingerprint density at radius 2 is 1.52 bits per heavy atom. The lowest BCUT2D eigenvalue weighted by Crippen LogP contribution is -2.41. The molecular formula is C36H37N3O3. The van der Waals surface area contributed by atoms with Crippen LogP contribution in [0.1, 0.15) is 47.5 Å². The molecule has 0 bridgehead atoms. The lowest BCUT2D eigenvalue weighted by Gasteiger charge is -2.32. The number of carbonyl (C=O) groups excluding carboxylic acids is 1. The standard InChI is InChI=1S/C36H37N3O3/c1-4-33(35-37-32-18-12-11-17-31(32)36(41)39(35)30-20-19-26(2)27(3)23-30)38(22-21-28-13-7-5-8-14-28)34(40)25-42-24-29-15-9-6-10-16-29/h5-20,23,33H,4,21-22,24-25H2,1-3H3. The molecule has 5 rings (SSSR count). The van der Waals surface area contributed by atoms with Crippen LogP contribution in [0.25, 0.3) is 16.6 Å². The highest BCUT2D eigenvalue weighted by Gasteiger charge is 2.29. The first-order valence-electron chi connectivity index (χ1n) is 14.5. The molecule has 0 aliphatic heterocycles. The number of carbonyl (C=O) groups is 1. The van der Waals surface area contributed by atoms with E-state index in [9.17, 15) is 9.59 Å². The Labute approximate surface area is 247 Å². The van der Waals surface area contributed by atoms with Crippen LogP contribution in [0, 0.1) is 13.8 Å². The summed E-state index contributed by atoms with van der Waals surface area (Å²) >= 11 is 0. The summed E-state index contributed by atoms with van der Waals surface area (Å²) in [6.45, 7) is 6.86. The molecule has 0 saturated carbocycles. The average Bonchev–Trinajstić information content (AvgIpc) is 3.01. The molecule has 6 nitrogen and oxygen atoms in total. The van der Waals surface area contributed by atoms with Gasteiger partial charge >= 0.3 is 0 Å². The maximum atomic E-state index is 14.1. The van der Waals surface area contributed by atoms with E-state index in [2.05, 4.69) is 19.1 Å². The summed E-state index contributed by atoms with van der Waals surface area (Å²) in [5.74, 6) is 0.414. The van der Waals surface area contributed by atoms with E-state index < -0.39 is 6.04 Å². The topological polar surface area (TPSA) is 64.4 Å². The van der Waals surface area contributed by atoms with Crippen molar-refractivity contribution >= 4 is 16.8 Å². The number of fused-ring (bicyclic) bond motifs is 1. The summed E-state index contributed by atoms with van der Waals surface area (Å²) < 4.78 is 7.59. The predicted molar refractivity (Wildman–Crippen MR) is 168 cm³/mol. The average molecular weight is 560 g/mol. The zero-order chi connectivity index (χ0) is 29.5. The van der Waals surface area contributed by atoms with Crippen LogP contribution in [0.3, 0.4) is 0 Å². The van der Waals surface area contributed by atoms with E-state index in [0.29, 0.717) is 42.7 Å². The first kappa shape index (κ1) is 29.0. The Morgan fingerprint density at radius 1 is 0.857 bits per heavy atom. The first-order chi connectivity index (χ1) is 20.5. The number of aryl methyl sites for hydroxylation is 2. The SMILES string of the molecule is CCC(c1nc2ccccc2c(=O)n1-c1ccc(C)c(C)c1)N(CCc1ccccc1)C(=O)COCc1ccccc1. The van der Waals surface area contributed by atoms with Crippen LogP contribution >= 0.6 is 0 Å². The molecule has 42 heavy (non-hydrogen) atoms. The number of nitrogens with zero attached hydrogens (tertiary/aromatic N) is 3. The van der Waals surface area contributed by atoms with Gasteiger partial charge in [0.1, 0.15) is 12.4 Å². The molecule has 1 amide bonds. The van der Waals surface area contributed by atoms with Crippen LogP contribution in [0.4, 0.5) is 0 Å². The van der Waals surface area contributed by atoms with Gasteiger partial charge in [-0.15, -0.1) is 0 Å². The summed E-state index contributed by atoms with van der Waals surface area (Å²) in [6.07, 6.45) is 1.25. The number of hydrogen-bond donors (Lipinski definition) is 0. The van der Waals surface area contributed by atoms with Crippen molar-refractivity contribution in [1.29, 1.82) is 0 Å². The third-order valence-electron chi connectivity index (χ3n) is 7.75. The number of hydrogen-bond acceptors (Lipinski definition) is 4. The summed E-state index contributed by atoms with van der Waals surface area (Å²) in [5, 5.41) is 0.544. The number of ether oxygens (including phenoxy) is 1. The van der Waals surface area contributed by atoms with Crippen molar-refractivity contribution in [3.63, 3.8) is 0 Å². The third kappa shape index (κ3) is 6.50. The molecule has 1 unspecified atom stereocenters. The number of para-hydroxylation sites is 1. The lowest BCUT2D eigenvalue weighted by molar-refractivity contribution is -0.139. The second-order valence-electron chi connectivity index (χ2n) is 10.6. The maximum Gasteiger partial charge on any atom is 0.266 e. The fourth-order valence-electron chi connectivity index (χ4n) is 5.29. The van der Waals surface area contributed by atoms with Crippen LogP contribution in [0.5, 0.6) is 0 Å².